The van der Waals surface area contributed by atoms with Crippen molar-refractivity contribution in [3.05, 3.63) is 39.8 Å². The van der Waals surface area contributed by atoms with Gasteiger partial charge in [-0.15, -0.1) is 0 Å². The van der Waals surface area contributed by atoms with Crippen molar-refractivity contribution >= 4 is 5.69 Å². The maximum atomic E-state index is 10.9. The molecule has 0 radical (unpaired) electrons. The maximum Gasteiger partial charge on any atom is 0.270 e. The molecular weight excluding hydrogens is 276 g/mol. The van der Waals surface area contributed by atoms with Crippen LogP contribution >= 0.6 is 0 Å². The molecule has 2 aromatic rings. The summed E-state index contributed by atoms with van der Waals surface area (Å²) in [6, 6.07) is 4.44. The predicted molar refractivity (Wildman–Crippen MR) is 72.7 cm³/mol. The molecule has 2 heterocycles. The molecule has 1 aromatic heterocycles. The van der Waals surface area contributed by atoms with E-state index in [2.05, 4.69) is 15.5 Å². The first kappa shape index (κ1) is 13.7. The van der Waals surface area contributed by atoms with Crippen LogP contribution in [0.2, 0.25) is 0 Å². The second-order valence-electron chi connectivity index (χ2n) is 4.79. The highest BCUT2D eigenvalue weighted by Crippen LogP contribution is 2.26. The molecule has 0 saturated carbocycles. The second-order valence-corrected chi connectivity index (χ2v) is 4.79. The van der Waals surface area contributed by atoms with Crippen molar-refractivity contribution in [2.75, 3.05) is 19.8 Å². The molecule has 21 heavy (non-hydrogen) atoms. The molecule has 1 atom stereocenters. The molecule has 0 aliphatic carbocycles. The van der Waals surface area contributed by atoms with Crippen molar-refractivity contribution in [3.8, 4) is 11.4 Å². The number of aryl methyl sites for hydroxylation is 1. The molecule has 8 heteroatoms. The number of nitro benzene ring substituents is 1. The van der Waals surface area contributed by atoms with Gasteiger partial charge in [-0.1, -0.05) is 11.2 Å². The van der Waals surface area contributed by atoms with Crippen LogP contribution in [-0.4, -0.2) is 34.8 Å². The summed E-state index contributed by atoms with van der Waals surface area (Å²) < 4.78 is 10.6. The van der Waals surface area contributed by atoms with Gasteiger partial charge in [0.2, 0.25) is 11.7 Å². The molecule has 110 valence electrons. The number of nitro groups is 1. The largest absolute Gasteiger partial charge is 0.378 e. The number of aromatic nitrogens is 2. The molecule has 1 aliphatic heterocycles. The van der Waals surface area contributed by atoms with Crippen LogP contribution in [0.5, 0.6) is 0 Å². The normalized spacial score (nSPS) is 18.6. The van der Waals surface area contributed by atoms with E-state index in [1.54, 1.807) is 6.07 Å². The van der Waals surface area contributed by atoms with E-state index >= 15 is 0 Å². The Hall–Kier alpha value is -2.32. The van der Waals surface area contributed by atoms with Gasteiger partial charge in [0.05, 0.1) is 18.1 Å². The zero-order valence-electron chi connectivity index (χ0n) is 11.4. The third-order valence-electron chi connectivity index (χ3n) is 3.33. The summed E-state index contributed by atoms with van der Waals surface area (Å²) >= 11 is 0. The first-order chi connectivity index (χ1) is 10.1. The minimum absolute atomic E-state index is 0.000995. The van der Waals surface area contributed by atoms with Crippen molar-refractivity contribution in [1.29, 1.82) is 0 Å². The first-order valence-corrected chi connectivity index (χ1v) is 6.55. The summed E-state index contributed by atoms with van der Waals surface area (Å²) in [7, 11) is 0. The summed E-state index contributed by atoms with van der Waals surface area (Å²) in [5, 5.41) is 18.0. The molecule has 1 N–H and O–H groups in total. The van der Waals surface area contributed by atoms with Crippen molar-refractivity contribution in [2.24, 2.45) is 0 Å². The van der Waals surface area contributed by atoms with Crippen LogP contribution < -0.4 is 5.32 Å². The summed E-state index contributed by atoms with van der Waals surface area (Å²) in [5.74, 6) is 0.772. The highest BCUT2D eigenvalue weighted by atomic mass is 16.6. The molecule has 0 spiro atoms. The molecular formula is C13H14N4O4. The van der Waals surface area contributed by atoms with Gasteiger partial charge < -0.3 is 14.6 Å². The van der Waals surface area contributed by atoms with Crippen molar-refractivity contribution in [2.45, 2.75) is 13.0 Å². The summed E-state index contributed by atoms with van der Waals surface area (Å²) in [5.41, 5.74) is 1.44. The number of nitrogens with one attached hydrogen (secondary N) is 1. The number of ether oxygens (including phenoxy) is 1. The lowest BCUT2D eigenvalue weighted by Crippen LogP contribution is -2.34. The van der Waals surface area contributed by atoms with Gasteiger partial charge in [0.1, 0.15) is 6.04 Å². The fraction of sp³-hybridized carbons (Fsp3) is 0.385. The molecule has 0 bridgehead atoms. The van der Waals surface area contributed by atoms with E-state index < -0.39 is 4.92 Å². The van der Waals surface area contributed by atoms with Crippen LogP contribution in [0.3, 0.4) is 0 Å². The number of benzene rings is 1. The number of hydrogen-bond acceptors (Lipinski definition) is 7. The Bertz CT molecular complexity index is 664. The zero-order valence-corrected chi connectivity index (χ0v) is 11.4. The topological polar surface area (TPSA) is 103 Å². The van der Waals surface area contributed by atoms with Crippen LogP contribution in [0, 0.1) is 17.0 Å². The molecule has 1 unspecified atom stereocenters. The zero-order chi connectivity index (χ0) is 14.8. The number of nitrogens with zero attached hydrogens (tertiary/aromatic N) is 3. The molecule has 1 saturated heterocycles. The smallest absolute Gasteiger partial charge is 0.270 e. The fourth-order valence-electron chi connectivity index (χ4n) is 2.17. The molecule has 1 aromatic carbocycles. The Labute approximate surface area is 120 Å². The first-order valence-electron chi connectivity index (χ1n) is 6.55. The Balaban J connectivity index is 1.92. The van der Waals surface area contributed by atoms with Gasteiger partial charge >= 0.3 is 0 Å². The maximum absolute atomic E-state index is 10.9. The lowest BCUT2D eigenvalue weighted by atomic mass is 10.1. The number of morpholine rings is 1. The van der Waals surface area contributed by atoms with Gasteiger partial charge in [0.15, 0.2) is 0 Å². The Morgan fingerprint density at radius 3 is 3.05 bits per heavy atom. The van der Waals surface area contributed by atoms with Crippen LogP contribution in [0.15, 0.2) is 22.7 Å². The number of rotatable bonds is 3. The Morgan fingerprint density at radius 2 is 2.33 bits per heavy atom. The van der Waals surface area contributed by atoms with Crippen molar-refractivity contribution in [1.82, 2.24) is 15.5 Å². The Kier molecular flexibility index (Phi) is 3.63. The second kappa shape index (κ2) is 5.58. The highest BCUT2D eigenvalue weighted by Gasteiger charge is 2.23. The molecule has 8 nitrogen and oxygen atoms in total. The van der Waals surface area contributed by atoms with E-state index in [9.17, 15) is 10.1 Å². The van der Waals surface area contributed by atoms with Gasteiger partial charge in [-0.05, 0) is 12.5 Å². The molecule has 0 amide bonds. The van der Waals surface area contributed by atoms with E-state index in [0.717, 1.165) is 12.1 Å². The monoisotopic (exact) mass is 290 g/mol. The van der Waals surface area contributed by atoms with E-state index in [1.165, 1.54) is 12.1 Å². The minimum Gasteiger partial charge on any atom is -0.378 e. The van der Waals surface area contributed by atoms with Crippen molar-refractivity contribution in [3.63, 3.8) is 0 Å². The summed E-state index contributed by atoms with van der Waals surface area (Å²) in [4.78, 5) is 14.7. The van der Waals surface area contributed by atoms with Crippen LogP contribution in [0.25, 0.3) is 11.4 Å². The molecule has 3 rings (SSSR count). The third-order valence-corrected chi connectivity index (χ3v) is 3.33. The third kappa shape index (κ3) is 2.76. The predicted octanol–water partition coefficient (Wildman–Crippen LogP) is 1.61. The van der Waals surface area contributed by atoms with E-state index in [0.29, 0.717) is 30.5 Å². The van der Waals surface area contributed by atoms with Crippen molar-refractivity contribution < 1.29 is 14.2 Å². The van der Waals surface area contributed by atoms with Crippen LogP contribution in [0.4, 0.5) is 5.69 Å². The lowest BCUT2D eigenvalue weighted by molar-refractivity contribution is -0.384. The van der Waals surface area contributed by atoms with Gasteiger partial charge in [0, 0.05) is 24.2 Å². The highest BCUT2D eigenvalue weighted by molar-refractivity contribution is 5.63. The Morgan fingerprint density at radius 1 is 1.48 bits per heavy atom. The van der Waals surface area contributed by atoms with E-state index in [-0.39, 0.29) is 11.7 Å². The number of hydrogen-bond donors (Lipinski definition) is 1. The minimum atomic E-state index is -0.444. The quantitative estimate of drug-likeness (QED) is 0.676. The molecule has 1 fully saturated rings. The standard InChI is InChI=1S/C13H14N4O4/c1-8-2-3-9(17(18)19)6-10(8)12-15-13(21-16-12)11-7-20-5-4-14-11/h2-3,6,11,14H,4-5,7H2,1H3. The van der Waals surface area contributed by atoms with Gasteiger partial charge in [-0.25, -0.2) is 0 Å². The van der Waals surface area contributed by atoms with Crippen LogP contribution in [-0.2, 0) is 4.74 Å². The van der Waals surface area contributed by atoms with E-state index in [4.69, 9.17) is 9.26 Å². The number of non-ortho nitro benzene ring substituents is 1. The van der Waals surface area contributed by atoms with Gasteiger partial charge in [0.25, 0.3) is 5.69 Å². The molecule has 1 aliphatic rings. The van der Waals surface area contributed by atoms with Gasteiger partial charge in [-0.2, -0.15) is 4.98 Å². The average Bonchev–Trinajstić information content (AvgIpc) is 2.98. The fourth-order valence-corrected chi connectivity index (χ4v) is 2.17. The lowest BCUT2D eigenvalue weighted by Gasteiger charge is -2.20. The average molecular weight is 290 g/mol. The van der Waals surface area contributed by atoms with Crippen LogP contribution in [0.1, 0.15) is 17.5 Å². The SMILES string of the molecule is Cc1ccc([N+](=O)[O-])cc1-c1noc(C2COCCN2)n1. The summed E-state index contributed by atoms with van der Waals surface area (Å²) in [6.45, 7) is 3.69. The van der Waals surface area contributed by atoms with E-state index in [1.807, 2.05) is 6.92 Å². The summed E-state index contributed by atoms with van der Waals surface area (Å²) in [6.07, 6.45) is 0. The van der Waals surface area contributed by atoms with Gasteiger partial charge in [-0.3, -0.25) is 10.1 Å².